The summed E-state index contributed by atoms with van der Waals surface area (Å²) in [6.07, 6.45) is 2.36. The molecule has 136 valence electrons. The Bertz CT molecular complexity index is 830. The van der Waals surface area contributed by atoms with Crippen LogP contribution in [-0.4, -0.2) is 35.6 Å². The summed E-state index contributed by atoms with van der Waals surface area (Å²) in [5.74, 6) is 1.03. The van der Waals surface area contributed by atoms with E-state index in [-0.39, 0.29) is 12.5 Å². The fourth-order valence-corrected chi connectivity index (χ4v) is 3.25. The molecule has 0 atom stereocenters. The van der Waals surface area contributed by atoms with Crippen LogP contribution in [0.3, 0.4) is 0 Å². The van der Waals surface area contributed by atoms with E-state index < -0.39 is 0 Å². The summed E-state index contributed by atoms with van der Waals surface area (Å²) in [6.45, 7) is 2.91. The van der Waals surface area contributed by atoms with E-state index in [9.17, 15) is 4.79 Å². The van der Waals surface area contributed by atoms with Gasteiger partial charge < -0.3 is 19.8 Å². The molecule has 0 bridgehead atoms. The number of H-pyrrole nitrogens is 1. The van der Waals surface area contributed by atoms with Crippen LogP contribution < -0.4 is 14.8 Å². The van der Waals surface area contributed by atoms with Crippen LogP contribution in [0.4, 0.5) is 0 Å². The number of carbonyl (C=O) groups excluding carboxylic acids is 1. The van der Waals surface area contributed by atoms with Gasteiger partial charge in [0.25, 0.3) is 5.91 Å². The van der Waals surface area contributed by atoms with Gasteiger partial charge in [-0.15, -0.1) is 11.3 Å². The van der Waals surface area contributed by atoms with Crippen LogP contribution in [0.15, 0.2) is 48.1 Å². The van der Waals surface area contributed by atoms with E-state index >= 15 is 0 Å². The van der Waals surface area contributed by atoms with E-state index in [4.69, 9.17) is 9.47 Å². The van der Waals surface area contributed by atoms with Crippen molar-refractivity contribution in [2.45, 2.75) is 13.3 Å². The molecule has 3 aromatic rings. The molecule has 0 fully saturated rings. The van der Waals surface area contributed by atoms with Gasteiger partial charge in [-0.25, -0.2) is 4.98 Å². The zero-order chi connectivity index (χ0) is 18.2. The van der Waals surface area contributed by atoms with Gasteiger partial charge in [0.1, 0.15) is 5.69 Å². The zero-order valence-corrected chi connectivity index (χ0v) is 15.3. The minimum Gasteiger partial charge on any atom is -0.490 e. The van der Waals surface area contributed by atoms with E-state index in [2.05, 4.69) is 15.3 Å². The molecule has 26 heavy (non-hydrogen) atoms. The van der Waals surface area contributed by atoms with E-state index in [0.29, 0.717) is 31.1 Å². The number of benzene rings is 1. The van der Waals surface area contributed by atoms with Crippen LogP contribution in [0.1, 0.15) is 12.6 Å². The highest BCUT2D eigenvalue weighted by Crippen LogP contribution is 2.26. The largest absolute Gasteiger partial charge is 0.490 e. The second kappa shape index (κ2) is 9.05. The quantitative estimate of drug-likeness (QED) is 0.605. The molecule has 0 aliphatic heterocycles. The van der Waals surface area contributed by atoms with Gasteiger partial charge >= 0.3 is 0 Å². The summed E-state index contributed by atoms with van der Waals surface area (Å²) in [5, 5.41) is 4.89. The van der Waals surface area contributed by atoms with Crippen LogP contribution in [0.25, 0.3) is 10.6 Å². The number of rotatable bonds is 9. The molecule has 6 nitrogen and oxygen atoms in total. The Balaban J connectivity index is 1.46. The molecule has 1 amide bonds. The molecule has 2 heterocycles. The van der Waals surface area contributed by atoms with E-state index in [1.165, 1.54) is 0 Å². The van der Waals surface area contributed by atoms with Crippen molar-refractivity contribution in [3.8, 4) is 22.1 Å². The van der Waals surface area contributed by atoms with Gasteiger partial charge in [0.15, 0.2) is 18.1 Å². The van der Waals surface area contributed by atoms with Crippen molar-refractivity contribution >= 4 is 17.2 Å². The average Bonchev–Trinajstić information content (AvgIpc) is 3.32. The normalized spacial score (nSPS) is 10.5. The number of imidazole rings is 1. The molecule has 0 saturated carbocycles. The van der Waals surface area contributed by atoms with Crippen molar-refractivity contribution in [3.05, 3.63) is 53.8 Å². The van der Waals surface area contributed by atoms with E-state index in [0.717, 1.165) is 16.3 Å². The number of aromatic amines is 1. The first-order valence-corrected chi connectivity index (χ1v) is 9.33. The molecular weight excluding hydrogens is 350 g/mol. The summed E-state index contributed by atoms with van der Waals surface area (Å²) in [6, 6.07) is 11.4. The summed E-state index contributed by atoms with van der Waals surface area (Å²) >= 11 is 1.64. The lowest BCUT2D eigenvalue weighted by molar-refractivity contribution is -0.123. The van der Waals surface area contributed by atoms with Crippen molar-refractivity contribution in [2.75, 3.05) is 19.8 Å². The first kappa shape index (κ1) is 18.0. The molecule has 0 aliphatic carbocycles. The number of ether oxygens (including phenoxy) is 2. The first-order chi connectivity index (χ1) is 12.8. The van der Waals surface area contributed by atoms with E-state index in [1.807, 2.05) is 42.6 Å². The highest BCUT2D eigenvalue weighted by molar-refractivity contribution is 7.13. The number of aromatic nitrogens is 2. The Morgan fingerprint density at radius 3 is 2.73 bits per heavy atom. The third-order valence-electron chi connectivity index (χ3n) is 3.68. The molecule has 2 aromatic heterocycles. The minimum atomic E-state index is -0.173. The van der Waals surface area contributed by atoms with Crippen molar-refractivity contribution in [2.24, 2.45) is 0 Å². The summed E-state index contributed by atoms with van der Waals surface area (Å²) < 4.78 is 11.0. The van der Waals surface area contributed by atoms with E-state index in [1.54, 1.807) is 23.7 Å². The van der Waals surface area contributed by atoms with Gasteiger partial charge in [-0.05, 0) is 30.5 Å². The lowest BCUT2D eigenvalue weighted by atomic mass is 10.2. The fraction of sp³-hybridized carbons (Fsp3) is 0.263. The smallest absolute Gasteiger partial charge is 0.257 e. The number of nitrogens with zero attached hydrogens (tertiary/aromatic N) is 1. The van der Waals surface area contributed by atoms with Gasteiger partial charge in [-0.3, -0.25) is 4.79 Å². The maximum atomic E-state index is 12.0. The molecule has 1 aromatic carbocycles. The van der Waals surface area contributed by atoms with Gasteiger partial charge in [-0.2, -0.15) is 0 Å². The number of para-hydroxylation sites is 2. The number of hydrogen-bond acceptors (Lipinski definition) is 5. The Morgan fingerprint density at radius 2 is 2.00 bits per heavy atom. The number of thiophene rings is 1. The van der Waals surface area contributed by atoms with Gasteiger partial charge in [0, 0.05) is 18.7 Å². The summed E-state index contributed by atoms with van der Waals surface area (Å²) in [4.78, 5) is 20.6. The van der Waals surface area contributed by atoms with Crippen LogP contribution in [-0.2, 0) is 11.2 Å². The molecule has 7 heteroatoms. The number of amides is 1. The fourth-order valence-electron chi connectivity index (χ4n) is 2.50. The van der Waals surface area contributed by atoms with Crippen LogP contribution >= 0.6 is 11.3 Å². The van der Waals surface area contributed by atoms with Crippen molar-refractivity contribution in [1.29, 1.82) is 0 Å². The molecule has 0 radical (unpaired) electrons. The average molecular weight is 371 g/mol. The number of carbonyl (C=O) groups is 1. The Morgan fingerprint density at radius 1 is 1.19 bits per heavy atom. The highest BCUT2D eigenvalue weighted by atomic mass is 32.1. The first-order valence-electron chi connectivity index (χ1n) is 8.45. The van der Waals surface area contributed by atoms with Crippen molar-refractivity contribution in [3.63, 3.8) is 0 Å². The molecule has 2 N–H and O–H groups in total. The second-order valence-electron chi connectivity index (χ2n) is 5.48. The second-order valence-corrected chi connectivity index (χ2v) is 6.42. The number of hydrogen-bond donors (Lipinski definition) is 2. The van der Waals surface area contributed by atoms with Crippen LogP contribution in [0.5, 0.6) is 11.5 Å². The van der Waals surface area contributed by atoms with Gasteiger partial charge in [0.05, 0.1) is 17.8 Å². The van der Waals surface area contributed by atoms with Gasteiger partial charge in [0.2, 0.25) is 0 Å². The summed E-state index contributed by atoms with van der Waals surface area (Å²) in [7, 11) is 0. The van der Waals surface area contributed by atoms with Crippen LogP contribution in [0, 0.1) is 0 Å². The predicted octanol–water partition coefficient (Wildman–Crippen LogP) is 3.27. The molecule has 0 spiro atoms. The maximum absolute atomic E-state index is 12.0. The minimum absolute atomic E-state index is 0.0507. The standard InChI is InChI=1S/C19H21N3O3S/c1-2-24-15-6-3-4-7-16(15)25-12-18(23)20-10-9-14-19(22-13-21-14)17-8-5-11-26-17/h3-8,11,13H,2,9-10,12H2,1H3,(H,20,23)(H,21,22). The van der Waals surface area contributed by atoms with Gasteiger partial charge in [-0.1, -0.05) is 18.2 Å². The maximum Gasteiger partial charge on any atom is 0.257 e. The third-order valence-corrected chi connectivity index (χ3v) is 4.55. The zero-order valence-electron chi connectivity index (χ0n) is 14.5. The highest BCUT2D eigenvalue weighted by Gasteiger charge is 2.10. The topological polar surface area (TPSA) is 76.2 Å². The lowest BCUT2D eigenvalue weighted by Gasteiger charge is -2.11. The van der Waals surface area contributed by atoms with Crippen LogP contribution in [0.2, 0.25) is 0 Å². The Labute approximate surface area is 156 Å². The predicted molar refractivity (Wildman–Crippen MR) is 102 cm³/mol. The summed E-state index contributed by atoms with van der Waals surface area (Å²) in [5.41, 5.74) is 1.95. The molecule has 0 saturated heterocycles. The monoisotopic (exact) mass is 371 g/mol. The number of nitrogens with one attached hydrogen (secondary N) is 2. The lowest BCUT2D eigenvalue weighted by Crippen LogP contribution is -2.30. The molecule has 0 unspecified atom stereocenters. The third kappa shape index (κ3) is 4.64. The van der Waals surface area contributed by atoms with Crippen molar-refractivity contribution in [1.82, 2.24) is 15.3 Å². The molecule has 0 aliphatic rings. The Hall–Kier alpha value is -2.80. The Kier molecular flexibility index (Phi) is 6.27. The van der Waals surface area contributed by atoms with Crippen molar-refractivity contribution < 1.29 is 14.3 Å². The molecular formula is C19H21N3O3S. The molecule has 3 rings (SSSR count). The SMILES string of the molecule is CCOc1ccccc1OCC(=O)NCCc1[nH]cnc1-c1cccs1.